The Bertz CT molecular complexity index is 314. The van der Waals surface area contributed by atoms with E-state index in [0.717, 1.165) is 16.5 Å². The molecule has 3 nitrogen and oxygen atoms in total. The van der Waals surface area contributed by atoms with Gasteiger partial charge in [-0.2, -0.15) is 0 Å². The standard InChI is InChI=1S/C8H10ClN3S/c1-3-13-7(10-2)6-4-5-11-8(9)12-6/h4-5H,3H2,1-2H3. The van der Waals surface area contributed by atoms with Gasteiger partial charge in [0.15, 0.2) is 0 Å². The Morgan fingerprint density at radius 2 is 2.46 bits per heavy atom. The van der Waals surface area contributed by atoms with Crippen LogP contribution in [0.2, 0.25) is 5.28 Å². The van der Waals surface area contributed by atoms with E-state index in [1.165, 1.54) is 0 Å². The van der Waals surface area contributed by atoms with Gasteiger partial charge in [0.25, 0.3) is 0 Å². The zero-order valence-electron chi connectivity index (χ0n) is 7.49. The molecule has 0 N–H and O–H groups in total. The predicted molar refractivity (Wildman–Crippen MR) is 57.6 cm³/mol. The van der Waals surface area contributed by atoms with Crippen LogP contribution in [0.25, 0.3) is 0 Å². The molecule has 0 atom stereocenters. The molecule has 0 aliphatic rings. The molecule has 13 heavy (non-hydrogen) atoms. The average Bonchev–Trinajstić information content (AvgIpc) is 2.14. The zero-order valence-corrected chi connectivity index (χ0v) is 9.06. The van der Waals surface area contributed by atoms with Crippen LogP contribution in [-0.2, 0) is 0 Å². The van der Waals surface area contributed by atoms with Crippen molar-refractivity contribution in [3.8, 4) is 0 Å². The number of hydrogen-bond acceptors (Lipinski definition) is 4. The summed E-state index contributed by atoms with van der Waals surface area (Å²) in [6.45, 7) is 2.07. The van der Waals surface area contributed by atoms with E-state index in [-0.39, 0.29) is 5.28 Å². The normalized spacial score (nSPS) is 11.8. The lowest BCUT2D eigenvalue weighted by Crippen LogP contribution is -2.00. The van der Waals surface area contributed by atoms with Gasteiger partial charge >= 0.3 is 0 Å². The maximum absolute atomic E-state index is 5.66. The third kappa shape index (κ3) is 2.97. The molecular formula is C8H10ClN3S. The first-order valence-corrected chi connectivity index (χ1v) is 5.22. The minimum atomic E-state index is 0.260. The summed E-state index contributed by atoms with van der Waals surface area (Å²) < 4.78 is 0. The van der Waals surface area contributed by atoms with Crippen LogP contribution in [0.4, 0.5) is 0 Å². The smallest absolute Gasteiger partial charge is 0.222 e. The Kier molecular flexibility index (Phi) is 4.18. The van der Waals surface area contributed by atoms with Gasteiger partial charge in [0, 0.05) is 13.2 Å². The lowest BCUT2D eigenvalue weighted by atomic mass is 10.4. The minimum absolute atomic E-state index is 0.260. The molecule has 1 heterocycles. The Balaban J connectivity index is 2.92. The third-order valence-corrected chi connectivity index (χ3v) is 2.47. The first-order valence-electron chi connectivity index (χ1n) is 3.86. The maximum atomic E-state index is 5.66. The number of nitrogens with zero attached hydrogens (tertiary/aromatic N) is 3. The van der Waals surface area contributed by atoms with E-state index in [1.54, 1.807) is 31.1 Å². The predicted octanol–water partition coefficient (Wildman–Crippen LogP) is 2.26. The van der Waals surface area contributed by atoms with Crippen molar-refractivity contribution in [2.24, 2.45) is 4.99 Å². The Morgan fingerprint density at radius 3 is 3.00 bits per heavy atom. The highest BCUT2D eigenvalue weighted by atomic mass is 35.5. The zero-order chi connectivity index (χ0) is 9.68. The molecule has 1 aromatic rings. The Morgan fingerprint density at radius 1 is 1.69 bits per heavy atom. The third-order valence-electron chi connectivity index (χ3n) is 1.33. The van der Waals surface area contributed by atoms with Gasteiger partial charge < -0.3 is 0 Å². The van der Waals surface area contributed by atoms with Crippen LogP contribution in [0.15, 0.2) is 17.3 Å². The summed E-state index contributed by atoms with van der Waals surface area (Å²) in [7, 11) is 1.74. The van der Waals surface area contributed by atoms with Crippen molar-refractivity contribution in [1.29, 1.82) is 0 Å². The second kappa shape index (κ2) is 5.19. The summed E-state index contributed by atoms with van der Waals surface area (Å²) in [5.74, 6) is 0.967. The van der Waals surface area contributed by atoms with Crippen LogP contribution < -0.4 is 0 Å². The quantitative estimate of drug-likeness (QED) is 0.432. The van der Waals surface area contributed by atoms with Crippen molar-refractivity contribution in [3.05, 3.63) is 23.2 Å². The van der Waals surface area contributed by atoms with Crippen LogP contribution >= 0.6 is 23.4 Å². The number of aliphatic imine (C=N–C) groups is 1. The summed E-state index contributed by atoms with van der Waals surface area (Å²) >= 11 is 7.30. The van der Waals surface area contributed by atoms with Gasteiger partial charge in [-0.05, 0) is 23.4 Å². The number of hydrogen-bond donors (Lipinski definition) is 0. The van der Waals surface area contributed by atoms with Gasteiger partial charge in [-0.1, -0.05) is 6.92 Å². The molecular weight excluding hydrogens is 206 g/mol. The van der Waals surface area contributed by atoms with Crippen LogP contribution in [0.3, 0.4) is 0 Å². The van der Waals surface area contributed by atoms with E-state index < -0.39 is 0 Å². The van der Waals surface area contributed by atoms with Gasteiger partial charge in [0.05, 0.1) is 5.69 Å². The number of rotatable bonds is 2. The van der Waals surface area contributed by atoms with Crippen molar-refractivity contribution >= 4 is 28.4 Å². The lowest BCUT2D eigenvalue weighted by Gasteiger charge is -2.01. The first-order chi connectivity index (χ1) is 6.27. The molecule has 1 rings (SSSR count). The SMILES string of the molecule is CCSC(=NC)c1ccnc(Cl)n1. The highest BCUT2D eigenvalue weighted by molar-refractivity contribution is 8.14. The first kappa shape index (κ1) is 10.5. The van der Waals surface area contributed by atoms with Crippen LogP contribution in [-0.4, -0.2) is 27.8 Å². The highest BCUT2D eigenvalue weighted by Crippen LogP contribution is 2.12. The van der Waals surface area contributed by atoms with Gasteiger partial charge in [-0.25, -0.2) is 9.97 Å². The molecule has 0 fully saturated rings. The van der Waals surface area contributed by atoms with E-state index in [4.69, 9.17) is 11.6 Å². The van der Waals surface area contributed by atoms with Gasteiger partial charge in [0.2, 0.25) is 5.28 Å². The molecule has 0 aliphatic heterocycles. The fraction of sp³-hybridized carbons (Fsp3) is 0.375. The van der Waals surface area contributed by atoms with Crippen LogP contribution in [0.5, 0.6) is 0 Å². The van der Waals surface area contributed by atoms with Gasteiger partial charge in [0.1, 0.15) is 5.04 Å². The number of aromatic nitrogens is 2. The maximum Gasteiger partial charge on any atom is 0.222 e. The van der Waals surface area contributed by atoms with E-state index >= 15 is 0 Å². The monoisotopic (exact) mass is 215 g/mol. The largest absolute Gasteiger partial charge is 0.280 e. The van der Waals surface area contributed by atoms with E-state index in [2.05, 4.69) is 21.9 Å². The van der Waals surface area contributed by atoms with Crippen molar-refractivity contribution in [1.82, 2.24) is 9.97 Å². The highest BCUT2D eigenvalue weighted by Gasteiger charge is 2.04. The lowest BCUT2D eigenvalue weighted by molar-refractivity contribution is 1.15. The van der Waals surface area contributed by atoms with Crippen molar-refractivity contribution < 1.29 is 0 Å². The molecule has 0 aromatic carbocycles. The molecule has 0 bridgehead atoms. The van der Waals surface area contributed by atoms with Gasteiger partial charge in [-0.15, -0.1) is 11.8 Å². The fourth-order valence-corrected chi connectivity index (χ4v) is 1.66. The van der Waals surface area contributed by atoms with Crippen molar-refractivity contribution in [2.75, 3.05) is 12.8 Å². The molecule has 0 spiro atoms. The van der Waals surface area contributed by atoms with Crippen LogP contribution in [0.1, 0.15) is 12.6 Å². The molecule has 0 aliphatic carbocycles. The van der Waals surface area contributed by atoms with Gasteiger partial charge in [-0.3, -0.25) is 4.99 Å². The Hall–Kier alpha value is -0.610. The number of halogens is 1. The average molecular weight is 216 g/mol. The fourth-order valence-electron chi connectivity index (χ4n) is 0.844. The molecule has 0 saturated carbocycles. The van der Waals surface area contributed by atoms with E-state index in [1.807, 2.05) is 0 Å². The number of thioether (sulfide) groups is 1. The summed E-state index contributed by atoms with van der Waals surface area (Å²) in [5.41, 5.74) is 0.786. The second-order valence-electron chi connectivity index (χ2n) is 2.17. The molecule has 0 unspecified atom stereocenters. The van der Waals surface area contributed by atoms with Crippen molar-refractivity contribution in [3.63, 3.8) is 0 Å². The summed E-state index contributed by atoms with van der Waals surface area (Å²) in [5, 5.41) is 1.15. The minimum Gasteiger partial charge on any atom is -0.280 e. The molecule has 5 heteroatoms. The summed E-state index contributed by atoms with van der Waals surface area (Å²) in [4.78, 5) is 12.0. The second-order valence-corrected chi connectivity index (χ2v) is 3.76. The van der Waals surface area contributed by atoms with Crippen LogP contribution in [0, 0.1) is 0 Å². The Labute approximate surface area is 86.7 Å². The molecule has 0 amide bonds. The molecule has 1 aromatic heterocycles. The molecule has 70 valence electrons. The summed E-state index contributed by atoms with van der Waals surface area (Å²) in [6, 6.07) is 1.80. The van der Waals surface area contributed by atoms with E-state index in [9.17, 15) is 0 Å². The van der Waals surface area contributed by atoms with Crippen molar-refractivity contribution in [2.45, 2.75) is 6.92 Å². The molecule has 0 radical (unpaired) electrons. The summed E-state index contributed by atoms with van der Waals surface area (Å²) in [6.07, 6.45) is 1.63. The topological polar surface area (TPSA) is 38.1 Å². The molecule has 0 saturated heterocycles. The van der Waals surface area contributed by atoms with E-state index in [0.29, 0.717) is 0 Å².